The number of pyridine rings is 1. The monoisotopic (exact) mass is 647 g/mol. The Hall–Kier alpha value is -4.93. The summed E-state index contributed by atoms with van der Waals surface area (Å²) in [6, 6.07) is 41.2. The minimum atomic E-state index is -1.40. The van der Waals surface area contributed by atoms with Crippen LogP contribution in [0.15, 0.2) is 121 Å². The normalized spacial score (nSPS) is 11.8. The zero-order chi connectivity index (χ0) is 34.2. The molecule has 0 radical (unpaired) electrons. The van der Waals surface area contributed by atoms with E-state index in [1.165, 1.54) is 21.9 Å². The van der Waals surface area contributed by atoms with Gasteiger partial charge in [-0.15, -0.1) is 0 Å². The van der Waals surface area contributed by atoms with Crippen LogP contribution in [0.1, 0.15) is 50.7 Å². The van der Waals surface area contributed by atoms with Crippen LogP contribution >= 0.6 is 0 Å². The molecule has 0 saturated carbocycles. The maximum Gasteiger partial charge on any atom is 0.124 e. The van der Waals surface area contributed by atoms with E-state index in [4.69, 9.17) is 4.98 Å². The molecule has 5 aromatic carbocycles. The van der Waals surface area contributed by atoms with Crippen molar-refractivity contribution in [2.24, 2.45) is 0 Å². The maximum absolute atomic E-state index is 11.1. The number of para-hydroxylation sites is 1. The lowest BCUT2D eigenvalue weighted by atomic mass is 9.84. The SMILES string of the molecule is CC(C)c1cccc(C(C)C)c1-c1cc(-c2cccc(-c3cc(-c4ccc([Si](C)(C)C)cc4)ccc3O)c2)nc(-c2ccccc2O)c1. The van der Waals surface area contributed by atoms with Crippen molar-refractivity contribution in [1.29, 1.82) is 0 Å². The fraction of sp³-hybridized carbons (Fsp3) is 0.205. The second kappa shape index (κ2) is 13.3. The Bertz CT molecular complexity index is 2060. The van der Waals surface area contributed by atoms with Gasteiger partial charge in [-0.25, -0.2) is 4.98 Å². The highest BCUT2D eigenvalue weighted by Gasteiger charge is 2.20. The molecule has 0 aliphatic heterocycles. The minimum Gasteiger partial charge on any atom is -0.507 e. The van der Waals surface area contributed by atoms with Crippen LogP contribution in [0.4, 0.5) is 0 Å². The summed E-state index contributed by atoms with van der Waals surface area (Å²) in [4.78, 5) is 5.14. The van der Waals surface area contributed by atoms with E-state index in [1.54, 1.807) is 12.1 Å². The van der Waals surface area contributed by atoms with Gasteiger partial charge < -0.3 is 10.2 Å². The average molecular weight is 648 g/mol. The molecule has 3 nitrogen and oxygen atoms in total. The van der Waals surface area contributed by atoms with Gasteiger partial charge in [-0.1, -0.05) is 131 Å². The van der Waals surface area contributed by atoms with E-state index in [0.29, 0.717) is 23.1 Å². The lowest BCUT2D eigenvalue weighted by Crippen LogP contribution is -2.37. The predicted octanol–water partition coefficient (Wildman–Crippen LogP) is 11.6. The number of benzene rings is 5. The van der Waals surface area contributed by atoms with Crippen LogP contribution in [-0.4, -0.2) is 23.3 Å². The molecule has 0 saturated heterocycles. The van der Waals surface area contributed by atoms with E-state index < -0.39 is 8.07 Å². The molecule has 0 amide bonds. The standard InChI is InChI=1S/C44H45NO2Si/c1-28(2)36-15-11-16-37(29(3)4)44(36)34-26-40(45-41(27-34)38-14-8-9-17-42(38)46)33-13-10-12-32(24-33)39-25-31(20-23-43(39)47)30-18-21-35(22-19-30)48(5,6)7/h8-29,46-47H,1-7H3. The first kappa shape index (κ1) is 33.0. The van der Waals surface area contributed by atoms with Crippen LogP contribution in [0, 0.1) is 0 Å². The molecule has 2 N–H and O–H groups in total. The van der Waals surface area contributed by atoms with Crippen LogP contribution in [0.3, 0.4) is 0 Å². The van der Waals surface area contributed by atoms with Gasteiger partial charge in [0.15, 0.2) is 0 Å². The van der Waals surface area contributed by atoms with Crippen molar-refractivity contribution in [1.82, 2.24) is 4.98 Å². The van der Waals surface area contributed by atoms with Gasteiger partial charge in [0.2, 0.25) is 0 Å². The van der Waals surface area contributed by atoms with Gasteiger partial charge in [0.05, 0.1) is 19.5 Å². The molecule has 0 aliphatic carbocycles. The Morgan fingerprint density at radius 3 is 1.71 bits per heavy atom. The molecule has 0 fully saturated rings. The van der Waals surface area contributed by atoms with Gasteiger partial charge in [-0.05, 0) is 93.2 Å². The Kier molecular flexibility index (Phi) is 9.13. The Balaban J connectivity index is 1.51. The molecule has 0 unspecified atom stereocenters. The molecule has 4 heteroatoms. The van der Waals surface area contributed by atoms with Gasteiger partial charge in [-0.3, -0.25) is 0 Å². The molecular formula is C44H45NO2Si. The number of phenolic OH excluding ortho intramolecular Hbond substituents is 2. The van der Waals surface area contributed by atoms with Crippen LogP contribution in [0.5, 0.6) is 11.5 Å². The smallest absolute Gasteiger partial charge is 0.124 e. The van der Waals surface area contributed by atoms with Crippen LogP contribution in [0.2, 0.25) is 19.6 Å². The van der Waals surface area contributed by atoms with Crippen LogP contribution in [0.25, 0.3) is 55.9 Å². The first-order valence-electron chi connectivity index (χ1n) is 16.9. The van der Waals surface area contributed by atoms with E-state index in [0.717, 1.165) is 39.1 Å². The summed E-state index contributed by atoms with van der Waals surface area (Å²) in [5.74, 6) is 1.09. The second-order valence-electron chi connectivity index (χ2n) is 14.4. The number of phenols is 2. The highest BCUT2D eigenvalue weighted by Crippen LogP contribution is 2.41. The molecule has 242 valence electrons. The highest BCUT2D eigenvalue weighted by molar-refractivity contribution is 6.88. The van der Waals surface area contributed by atoms with Gasteiger partial charge in [0, 0.05) is 16.7 Å². The highest BCUT2D eigenvalue weighted by atomic mass is 28.3. The first-order valence-corrected chi connectivity index (χ1v) is 20.4. The number of nitrogens with zero attached hydrogens (tertiary/aromatic N) is 1. The molecule has 1 heterocycles. The molecule has 6 aromatic rings. The van der Waals surface area contributed by atoms with E-state index in [1.807, 2.05) is 36.4 Å². The molecule has 0 aliphatic rings. The third kappa shape index (κ3) is 6.72. The Labute approximate surface area is 286 Å². The second-order valence-corrected chi connectivity index (χ2v) is 19.5. The van der Waals surface area contributed by atoms with E-state index >= 15 is 0 Å². The molecule has 0 spiro atoms. The van der Waals surface area contributed by atoms with E-state index in [9.17, 15) is 10.2 Å². The lowest BCUT2D eigenvalue weighted by Gasteiger charge is -2.21. The first-order chi connectivity index (χ1) is 22.9. The zero-order valence-corrected chi connectivity index (χ0v) is 30.0. The molecule has 48 heavy (non-hydrogen) atoms. The zero-order valence-electron chi connectivity index (χ0n) is 29.0. The summed E-state index contributed by atoms with van der Waals surface area (Å²) in [6.45, 7) is 16.0. The summed E-state index contributed by atoms with van der Waals surface area (Å²) >= 11 is 0. The fourth-order valence-corrected chi connectivity index (χ4v) is 7.66. The molecule has 0 bridgehead atoms. The molecule has 6 rings (SSSR count). The third-order valence-electron chi connectivity index (χ3n) is 9.22. The van der Waals surface area contributed by atoms with Gasteiger partial charge in [0.1, 0.15) is 11.5 Å². The van der Waals surface area contributed by atoms with E-state index in [-0.39, 0.29) is 11.5 Å². The minimum absolute atomic E-state index is 0.197. The maximum atomic E-state index is 11.1. The predicted molar refractivity (Wildman–Crippen MR) is 206 cm³/mol. The summed E-state index contributed by atoms with van der Waals surface area (Å²) < 4.78 is 0. The number of aromatic hydroxyl groups is 2. The Morgan fingerprint density at radius 2 is 1.06 bits per heavy atom. The van der Waals surface area contributed by atoms with Crippen molar-refractivity contribution in [3.8, 4) is 67.4 Å². The molecular weight excluding hydrogens is 603 g/mol. The van der Waals surface area contributed by atoms with Crippen LogP contribution < -0.4 is 5.19 Å². The van der Waals surface area contributed by atoms with Crippen molar-refractivity contribution >= 4 is 13.3 Å². The van der Waals surface area contributed by atoms with E-state index in [2.05, 4.69) is 120 Å². The number of rotatable bonds is 8. The topological polar surface area (TPSA) is 53.4 Å². The van der Waals surface area contributed by atoms with Gasteiger partial charge in [0.25, 0.3) is 0 Å². The third-order valence-corrected chi connectivity index (χ3v) is 11.3. The quantitative estimate of drug-likeness (QED) is 0.162. The van der Waals surface area contributed by atoms with Crippen molar-refractivity contribution in [2.45, 2.75) is 59.2 Å². The number of hydrogen-bond acceptors (Lipinski definition) is 3. The number of hydrogen-bond donors (Lipinski definition) is 2. The van der Waals surface area contributed by atoms with Crippen molar-refractivity contribution in [2.75, 3.05) is 0 Å². The van der Waals surface area contributed by atoms with Crippen LogP contribution in [-0.2, 0) is 0 Å². The number of aromatic nitrogens is 1. The van der Waals surface area contributed by atoms with Crippen molar-refractivity contribution in [3.63, 3.8) is 0 Å². The van der Waals surface area contributed by atoms with Crippen molar-refractivity contribution in [3.05, 3.63) is 132 Å². The summed E-state index contributed by atoms with van der Waals surface area (Å²) in [6.07, 6.45) is 0. The van der Waals surface area contributed by atoms with Gasteiger partial charge >= 0.3 is 0 Å². The molecule has 1 aromatic heterocycles. The van der Waals surface area contributed by atoms with Gasteiger partial charge in [-0.2, -0.15) is 0 Å². The lowest BCUT2D eigenvalue weighted by molar-refractivity contribution is 0.476. The summed E-state index contributed by atoms with van der Waals surface area (Å²) in [5.41, 5.74) is 11.9. The summed E-state index contributed by atoms with van der Waals surface area (Å²) in [7, 11) is -1.40. The molecule has 0 atom stereocenters. The largest absolute Gasteiger partial charge is 0.507 e. The van der Waals surface area contributed by atoms with Crippen molar-refractivity contribution < 1.29 is 10.2 Å². The Morgan fingerprint density at radius 1 is 0.479 bits per heavy atom. The fourth-order valence-electron chi connectivity index (χ4n) is 6.49. The summed E-state index contributed by atoms with van der Waals surface area (Å²) in [5, 5.41) is 23.4. The average Bonchev–Trinajstić information content (AvgIpc) is 3.08.